The fraction of sp³-hybridized carbons (Fsp3) is 0.500. The number of nitro benzene ring substituents is 1. The van der Waals surface area contributed by atoms with E-state index in [4.69, 9.17) is 0 Å². The molecular weight excluding hydrogens is 272 g/mol. The zero-order chi connectivity index (χ0) is 14.8. The Morgan fingerprint density at radius 1 is 1.43 bits per heavy atom. The molecule has 2 N–H and O–H groups in total. The van der Waals surface area contributed by atoms with E-state index in [1.165, 1.54) is 12.1 Å². The maximum atomic E-state index is 10.8. The molecule has 1 aromatic carbocycles. The van der Waals surface area contributed by atoms with Crippen molar-refractivity contribution < 1.29 is 10.0 Å². The molecule has 0 bridgehead atoms. The van der Waals surface area contributed by atoms with Gasteiger partial charge in [0.15, 0.2) is 0 Å². The Kier molecular flexibility index (Phi) is 3.74. The number of aliphatic hydroxyl groups excluding tert-OH is 1. The van der Waals surface area contributed by atoms with E-state index in [0.717, 1.165) is 32.2 Å². The highest BCUT2D eigenvalue weighted by Gasteiger charge is 2.23. The van der Waals surface area contributed by atoms with Crippen LogP contribution in [0.25, 0.3) is 11.0 Å². The summed E-state index contributed by atoms with van der Waals surface area (Å²) in [5.41, 5.74) is 1.41. The van der Waals surface area contributed by atoms with E-state index in [1.54, 1.807) is 6.07 Å². The fourth-order valence-electron chi connectivity index (χ4n) is 2.88. The molecule has 7 heteroatoms. The predicted octanol–water partition coefficient (Wildman–Crippen LogP) is 2.21. The zero-order valence-corrected chi connectivity index (χ0v) is 11.7. The molecule has 1 unspecified atom stereocenters. The van der Waals surface area contributed by atoms with Crippen LogP contribution in [-0.2, 0) is 0 Å². The van der Waals surface area contributed by atoms with Gasteiger partial charge in [0.05, 0.1) is 28.6 Å². The zero-order valence-electron chi connectivity index (χ0n) is 11.7. The van der Waals surface area contributed by atoms with Crippen molar-refractivity contribution >= 4 is 22.7 Å². The molecule has 3 rings (SSSR count). The lowest BCUT2D eigenvalue weighted by molar-refractivity contribution is -0.384. The maximum absolute atomic E-state index is 10.8. The number of rotatable bonds is 3. The van der Waals surface area contributed by atoms with Crippen molar-refractivity contribution in [2.24, 2.45) is 0 Å². The largest absolute Gasteiger partial charge is 0.394 e. The number of benzene rings is 1. The van der Waals surface area contributed by atoms with Crippen molar-refractivity contribution in [3.8, 4) is 0 Å². The molecule has 0 radical (unpaired) electrons. The Balaban J connectivity index is 1.97. The highest BCUT2D eigenvalue weighted by atomic mass is 16.6. The SMILES string of the molecule is O=[N+]([O-])c1ccc2nc(N3CCCCCC3CO)[nH]c2c1. The minimum absolute atomic E-state index is 0.0484. The van der Waals surface area contributed by atoms with Gasteiger partial charge in [0.1, 0.15) is 0 Å². The number of anilines is 1. The number of imidazole rings is 1. The van der Waals surface area contributed by atoms with Crippen LogP contribution >= 0.6 is 0 Å². The van der Waals surface area contributed by atoms with Gasteiger partial charge in [-0.3, -0.25) is 10.1 Å². The van der Waals surface area contributed by atoms with E-state index in [1.807, 2.05) is 0 Å². The van der Waals surface area contributed by atoms with Crippen LogP contribution in [0.15, 0.2) is 18.2 Å². The van der Waals surface area contributed by atoms with Crippen molar-refractivity contribution in [1.29, 1.82) is 0 Å². The van der Waals surface area contributed by atoms with Crippen molar-refractivity contribution in [1.82, 2.24) is 9.97 Å². The number of non-ortho nitro benzene ring substituents is 1. The molecule has 2 heterocycles. The molecule has 0 aliphatic carbocycles. The number of H-pyrrole nitrogens is 1. The minimum Gasteiger partial charge on any atom is -0.394 e. The molecule has 0 saturated carbocycles. The van der Waals surface area contributed by atoms with Crippen LogP contribution in [-0.4, -0.2) is 39.2 Å². The van der Waals surface area contributed by atoms with Crippen molar-refractivity contribution in [3.05, 3.63) is 28.3 Å². The number of hydrogen-bond acceptors (Lipinski definition) is 5. The molecule has 1 atom stereocenters. The van der Waals surface area contributed by atoms with Crippen LogP contribution in [0.4, 0.5) is 11.6 Å². The van der Waals surface area contributed by atoms with Gasteiger partial charge in [0.2, 0.25) is 5.95 Å². The Morgan fingerprint density at radius 2 is 2.29 bits per heavy atom. The number of nitro groups is 1. The molecule has 1 aliphatic rings. The Bertz CT molecular complexity index is 655. The Labute approximate surface area is 121 Å². The quantitative estimate of drug-likeness (QED) is 0.667. The number of aromatic amines is 1. The van der Waals surface area contributed by atoms with Gasteiger partial charge < -0.3 is 15.0 Å². The summed E-state index contributed by atoms with van der Waals surface area (Å²) in [7, 11) is 0. The third-order valence-corrected chi connectivity index (χ3v) is 4.02. The van der Waals surface area contributed by atoms with Crippen molar-refractivity contribution in [2.45, 2.75) is 31.7 Å². The molecule has 0 spiro atoms. The molecule has 21 heavy (non-hydrogen) atoms. The van der Waals surface area contributed by atoms with Gasteiger partial charge in [-0.05, 0) is 18.9 Å². The number of hydrogen-bond donors (Lipinski definition) is 2. The second-order valence-corrected chi connectivity index (χ2v) is 5.40. The smallest absolute Gasteiger partial charge is 0.271 e. The average molecular weight is 290 g/mol. The standard InChI is InChI=1S/C14H18N4O3/c19-9-11-4-2-1-3-7-17(11)14-15-12-6-5-10(18(20)21)8-13(12)16-14/h5-6,8,11,19H,1-4,7,9H2,(H,15,16). The van der Waals surface area contributed by atoms with Gasteiger partial charge >= 0.3 is 0 Å². The molecule has 112 valence electrons. The average Bonchev–Trinajstić information content (AvgIpc) is 2.75. The maximum Gasteiger partial charge on any atom is 0.271 e. The summed E-state index contributed by atoms with van der Waals surface area (Å²) in [5, 5.41) is 20.4. The second-order valence-electron chi connectivity index (χ2n) is 5.40. The molecule has 1 aromatic heterocycles. The summed E-state index contributed by atoms with van der Waals surface area (Å²) in [5.74, 6) is 0.687. The third kappa shape index (κ3) is 2.69. The highest BCUT2D eigenvalue weighted by Crippen LogP contribution is 2.26. The summed E-state index contributed by atoms with van der Waals surface area (Å²) >= 11 is 0. The first kappa shape index (κ1) is 13.8. The van der Waals surface area contributed by atoms with Gasteiger partial charge in [-0.25, -0.2) is 4.98 Å². The minimum atomic E-state index is -0.414. The second kappa shape index (κ2) is 5.69. The summed E-state index contributed by atoms with van der Waals surface area (Å²) in [6, 6.07) is 4.67. The number of aliphatic hydroxyl groups is 1. The lowest BCUT2D eigenvalue weighted by Crippen LogP contribution is -2.38. The van der Waals surface area contributed by atoms with Gasteiger partial charge in [-0.1, -0.05) is 12.8 Å². The van der Waals surface area contributed by atoms with Gasteiger partial charge in [0.25, 0.3) is 5.69 Å². The summed E-state index contributed by atoms with van der Waals surface area (Å²) in [6.45, 7) is 0.935. The molecule has 2 aromatic rings. The highest BCUT2D eigenvalue weighted by molar-refractivity contribution is 5.80. The molecule has 1 fully saturated rings. The number of nitrogens with zero attached hydrogens (tertiary/aromatic N) is 3. The monoisotopic (exact) mass is 290 g/mol. The van der Waals surface area contributed by atoms with Gasteiger partial charge in [-0.2, -0.15) is 0 Å². The number of fused-ring (bicyclic) bond motifs is 1. The molecule has 1 saturated heterocycles. The van der Waals surface area contributed by atoms with E-state index in [0.29, 0.717) is 17.0 Å². The number of nitrogens with one attached hydrogen (secondary N) is 1. The van der Waals surface area contributed by atoms with Crippen LogP contribution in [0.3, 0.4) is 0 Å². The third-order valence-electron chi connectivity index (χ3n) is 4.02. The molecule has 1 aliphatic heterocycles. The van der Waals surface area contributed by atoms with E-state index in [9.17, 15) is 15.2 Å². The first-order chi connectivity index (χ1) is 10.2. The molecule has 7 nitrogen and oxygen atoms in total. The van der Waals surface area contributed by atoms with Crippen LogP contribution < -0.4 is 4.90 Å². The van der Waals surface area contributed by atoms with E-state index in [-0.39, 0.29) is 18.3 Å². The van der Waals surface area contributed by atoms with Crippen LogP contribution in [0.1, 0.15) is 25.7 Å². The fourth-order valence-corrected chi connectivity index (χ4v) is 2.88. The lowest BCUT2D eigenvalue weighted by Gasteiger charge is -2.27. The predicted molar refractivity (Wildman–Crippen MR) is 79.4 cm³/mol. The topological polar surface area (TPSA) is 95.3 Å². The summed E-state index contributed by atoms with van der Waals surface area (Å²) < 4.78 is 0. The van der Waals surface area contributed by atoms with Crippen molar-refractivity contribution in [2.75, 3.05) is 18.1 Å². The first-order valence-electron chi connectivity index (χ1n) is 7.20. The Hall–Kier alpha value is -2.15. The van der Waals surface area contributed by atoms with E-state index < -0.39 is 4.92 Å². The van der Waals surface area contributed by atoms with Gasteiger partial charge in [-0.15, -0.1) is 0 Å². The molecular formula is C14H18N4O3. The van der Waals surface area contributed by atoms with Crippen LogP contribution in [0, 0.1) is 10.1 Å². The van der Waals surface area contributed by atoms with Crippen LogP contribution in [0.5, 0.6) is 0 Å². The first-order valence-corrected chi connectivity index (χ1v) is 7.20. The summed E-state index contributed by atoms with van der Waals surface area (Å²) in [6.07, 6.45) is 4.26. The normalized spacial score (nSPS) is 19.7. The number of aromatic nitrogens is 2. The lowest BCUT2D eigenvalue weighted by atomic mass is 10.1. The van der Waals surface area contributed by atoms with Crippen molar-refractivity contribution in [3.63, 3.8) is 0 Å². The summed E-state index contributed by atoms with van der Waals surface area (Å²) in [4.78, 5) is 20.2. The Morgan fingerprint density at radius 3 is 3.05 bits per heavy atom. The van der Waals surface area contributed by atoms with Crippen LogP contribution in [0.2, 0.25) is 0 Å². The van der Waals surface area contributed by atoms with E-state index >= 15 is 0 Å². The molecule has 0 amide bonds. The van der Waals surface area contributed by atoms with Gasteiger partial charge in [0, 0.05) is 18.7 Å². The van der Waals surface area contributed by atoms with E-state index in [2.05, 4.69) is 14.9 Å².